The molecular formula is C20H19BrN4O3. The summed E-state index contributed by atoms with van der Waals surface area (Å²) in [7, 11) is 1.75. The topological polar surface area (TPSA) is 75.5 Å². The van der Waals surface area contributed by atoms with E-state index < -0.39 is 0 Å². The molecule has 2 saturated heterocycles. The van der Waals surface area contributed by atoms with Gasteiger partial charge >= 0.3 is 0 Å². The number of allylic oxidation sites excluding steroid dienone is 2. The van der Waals surface area contributed by atoms with E-state index in [0.29, 0.717) is 31.6 Å². The Bertz CT molecular complexity index is 1030. The summed E-state index contributed by atoms with van der Waals surface area (Å²) in [6, 6.07) is 5.42. The number of hydrogen-bond acceptors (Lipinski definition) is 4. The largest absolute Gasteiger partial charge is 0.333 e. The summed E-state index contributed by atoms with van der Waals surface area (Å²) >= 11 is 3.42. The molecule has 0 spiro atoms. The highest BCUT2D eigenvalue weighted by Gasteiger charge is 2.52. The summed E-state index contributed by atoms with van der Waals surface area (Å²) in [6.07, 6.45) is 5.24. The molecule has 144 valence electrons. The predicted molar refractivity (Wildman–Crippen MR) is 105 cm³/mol. The van der Waals surface area contributed by atoms with Crippen LogP contribution in [0.2, 0.25) is 0 Å². The van der Waals surface area contributed by atoms with Crippen molar-refractivity contribution in [1.82, 2.24) is 19.6 Å². The third-order valence-corrected chi connectivity index (χ3v) is 6.55. The van der Waals surface area contributed by atoms with Gasteiger partial charge in [0.25, 0.3) is 5.91 Å². The molecule has 1 aliphatic carbocycles. The molecule has 1 aromatic carbocycles. The Morgan fingerprint density at radius 1 is 1.11 bits per heavy atom. The smallest absolute Gasteiger partial charge is 0.272 e. The van der Waals surface area contributed by atoms with Crippen molar-refractivity contribution >= 4 is 44.6 Å². The first kappa shape index (κ1) is 17.6. The third kappa shape index (κ3) is 2.47. The van der Waals surface area contributed by atoms with Crippen LogP contribution in [0, 0.1) is 11.8 Å². The average Bonchev–Trinajstić information content (AvgIpc) is 3.09. The first-order chi connectivity index (χ1) is 13.5. The molecule has 1 aromatic heterocycles. The molecule has 2 fully saturated rings. The van der Waals surface area contributed by atoms with Gasteiger partial charge in [-0.05, 0) is 31.0 Å². The van der Waals surface area contributed by atoms with Gasteiger partial charge in [0.15, 0.2) is 0 Å². The molecule has 0 unspecified atom stereocenters. The average molecular weight is 443 g/mol. The molecule has 5 rings (SSSR count). The van der Waals surface area contributed by atoms with E-state index in [0.717, 1.165) is 15.4 Å². The standard InChI is InChI=1S/C20H19BrN4O3/c1-23-17(15-7-6-11(21)8-16(15)22-23)20(28)24-9-12(10-24)25-18(26)13-4-2-3-5-14(13)19(25)27/h2-3,6-8,12-14H,4-5,9-10H2,1H3/t13-,14-/m0/s1. The van der Waals surface area contributed by atoms with Gasteiger partial charge in [-0.3, -0.25) is 24.0 Å². The van der Waals surface area contributed by atoms with Gasteiger partial charge < -0.3 is 4.90 Å². The number of halogens is 1. The number of nitrogens with zero attached hydrogens (tertiary/aromatic N) is 4. The summed E-state index contributed by atoms with van der Waals surface area (Å²) in [5, 5.41) is 5.21. The van der Waals surface area contributed by atoms with Crippen LogP contribution in [-0.4, -0.2) is 56.4 Å². The van der Waals surface area contributed by atoms with Crippen LogP contribution >= 0.6 is 15.9 Å². The fraction of sp³-hybridized carbons (Fsp3) is 0.400. The van der Waals surface area contributed by atoms with E-state index in [-0.39, 0.29) is 35.6 Å². The van der Waals surface area contributed by atoms with Crippen molar-refractivity contribution in [2.45, 2.75) is 18.9 Å². The molecule has 3 heterocycles. The minimum atomic E-state index is -0.221. The number of carbonyl (C=O) groups is 3. The number of aryl methyl sites for hydroxylation is 1. The van der Waals surface area contributed by atoms with Gasteiger partial charge in [0.1, 0.15) is 5.69 Å². The van der Waals surface area contributed by atoms with Crippen molar-refractivity contribution in [2.75, 3.05) is 13.1 Å². The lowest BCUT2D eigenvalue weighted by Gasteiger charge is -2.43. The van der Waals surface area contributed by atoms with Crippen molar-refractivity contribution in [1.29, 1.82) is 0 Å². The number of rotatable bonds is 2. The molecule has 0 N–H and O–H groups in total. The van der Waals surface area contributed by atoms with E-state index in [4.69, 9.17) is 0 Å². The maximum Gasteiger partial charge on any atom is 0.272 e. The molecule has 3 amide bonds. The second-order valence-corrected chi connectivity index (χ2v) is 8.62. The highest BCUT2D eigenvalue weighted by atomic mass is 79.9. The number of hydrogen-bond donors (Lipinski definition) is 0. The Morgan fingerprint density at radius 2 is 1.75 bits per heavy atom. The number of carbonyl (C=O) groups excluding carboxylic acids is 3. The Morgan fingerprint density at radius 3 is 2.39 bits per heavy atom. The summed E-state index contributed by atoms with van der Waals surface area (Å²) in [6.45, 7) is 0.763. The van der Waals surface area contributed by atoms with Crippen LogP contribution in [-0.2, 0) is 16.6 Å². The molecule has 8 heteroatoms. The molecule has 28 heavy (non-hydrogen) atoms. The van der Waals surface area contributed by atoms with Crippen LogP contribution in [0.15, 0.2) is 34.8 Å². The van der Waals surface area contributed by atoms with Crippen molar-refractivity contribution in [3.63, 3.8) is 0 Å². The number of amides is 3. The Labute approximate surface area is 170 Å². The van der Waals surface area contributed by atoms with Crippen molar-refractivity contribution in [3.05, 3.63) is 40.5 Å². The van der Waals surface area contributed by atoms with E-state index in [1.54, 1.807) is 16.6 Å². The minimum absolute atomic E-state index is 0.0766. The summed E-state index contributed by atoms with van der Waals surface area (Å²) < 4.78 is 2.50. The van der Waals surface area contributed by atoms with Crippen LogP contribution in [0.1, 0.15) is 23.3 Å². The van der Waals surface area contributed by atoms with Gasteiger partial charge in [-0.2, -0.15) is 5.10 Å². The van der Waals surface area contributed by atoms with Crippen LogP contribution < -0.4 is 0 Å². The van der Waals surface area contributed by atoms with Gasteiger partial charge in [0.05, 0.1) is 23.4 Å². The lowest BCUT2D eigenvalue weighted by molar-refractivity contribution is -0.145. The van der Waals surface area contributed by atoms with Gasteiger partial charge in [-0.25, -0.2) is 0 Å². The zero-order valence-corrected chi connectivity index (χ0v) is 16.9. The molecule has 2 atom stereocenters. The molecule has 7 nitrogen and oxygen atoms in total. The fourth-order valence-electron chi connectivity index (χ4n) is 4.55. The molecular weight excluding hydrogens is 424 g/mol. The molecule has 3 aliphatic rings. The van der Waals surface area contributed by atoms with E-state index in [9.17, 15) is 14.4 Å². The second-order valence-electron chi connectivity index (χ2n) is 7.70. The van der Waals surface area contributed by atoms with Crippen LogP contribution in [0.25, 0.3) is 10.9 Å². The second kappa shape index (κ2) is 6.27. The van der Waals surface area contributed by atoms with Crippen molar-refractivity contribution in [3.8, 4) is 0 Å². The summed E-state index contributed by atoms with van der Waals surface area (Å²) in [5.41, 5.74) is 1.27. The van der Waals surface area contributed by atoms with Gasteiger partial charge in [-0.15, -0.1) is 0 Å². The SMILES string of the molecule is Cn1nc2cc(Br)ccc2c1C(=O)N1CC(N2C(=O)[C@H]3CC=CC[C@@H]3C2=O)C1. The first-order valence-electron chi connectivity index (χ1n) is 9.39. The first-order valence-corrected chi connectivity index (χ1v) is 10.2. The number of fused-ring (bicyclic) bond motifs is 2. The molecule has 0 radical (unpaired) electrons. The number of likely N-dealkylation sites (tertiary alicyclic amines) is 2. The third-order valence-electron chi connectivity index (χ3n) is 6.06. The monoisotopic (exact) mass is 442 g/mol. The highest BCUT2D eigenvalue weighted by Crippen LogP contribution is 2.37. The predicted octanol–water partition coefficient (Wildman–Crippen LogP) is 2.11. The van der Waals surface area contributed by atoms with E-state index in [2.05, 4.69) is 21.0 Å². The van der Waals surface area contributed by atoms with Gasteiger partial charge in [-0.1, -0.05) is 28.1 Å². The summed E-state index contributed by atoms with van der Waals surface area (Å²) in [4.78, 5) is 41.5. The van der Waals surface area contributed by atoms with Crippen molar-refractivity contribution < 1.29 is 14.4 Å². The fourth-order valence-corrected chi connectivity index (χ4v) is 4.90. The van der Waals surface area contributed by atoms with Crippen molar-refractivity contribution in [2.24, 2.45) is 18.9 Å². The van der Waals surface area contributed by atoms with Crippen LogP contribution in [0.4, 0.5) is 0 Å². The van der Waals surface area contributed by atoms with Crippen LogP contribution in [0.5, 0.6) is 0 Å². The van der Waals surface area contributed by atoms with Gasteiger partial charge in [0, 0.05) is 30.0 Å². The number of benzene rings is 1. The molecule has 0 bridgehead atoms. The molecule has 2 aromatic rings. The Balaban J connectivity index is 1.34. The normalized spacial score (nSPS) is 24.8. The van der Waals surface area contributed by atoms with Crippen LogP contribution in [0.3, 0.4) is 0 Å². The Kier molecular flexibility index (Phi) is 3.94. The lowest BCUT2D eigenvalue weighted by Crippen LogP contribution is -2.62. The minimum Gasteiger partial charge on any atom is -0.333 e. The number of imide groups is 1. The number of aromatic nitrogens is 2. The summed E-state index contributed by atoms with van der Waals surface area (Å²) in [5.74, 6) is -0.718. The molecule has 0 saturated carbocycles. The quantitative estimate of drug-likeness (QED) is 0.527. The lowest BCUT2D eigenvalue weighted by atomic mass is 9.85. The van der Waals surface area contributed by atoms with E-state index >= 15 is 0 Å². The van der Waals surface area contributed by atoms with E-state index in [1.165, 1.54) is 4.90 Å². The Hall–Kier alpha value is -2.48. The zero-order chi connectivity index (χ0) is 19.6. The van der Waals surface area contributed by atoms with Gasteiger partial charge in [0.2, 0.25) is 11.8 Å². The highest BCUT2D eigenvalue weighted by molar-refractivity contribution is 9.10. The maximum absolute atomic E-state index is 13.0. The molecule has 2 aliphatic heterocycles. The van der Waals surface area contributed by atoms with E-state index in [1.807, 2.05) is 30.4 Å². The zero-order valence-electron chi connectivity index (χ0n) is 15.3. The maximum atomic E-state index is 13.0.